The average molecular weight is 266 g/mol. The Labute approximate surface area is 114 Å². The van der Waals surface area contributed by atoms with Crippen molar-refractivity contribution in [2.75, 3.05) is 6.79 Å². The van der Waals surface area contributed by atoms with Crippen molar-refractivity contribution in [2.24, 2.45) is 0 Å². The van der Waals surface area contributed by atoms with E-state index in [0.29, 0.717) is 16.9 Å². The first-order valence-corrected chi connectivity index (χ1v) is 6.22. The molecule has 1 aliphatic rings. The molecule has 4 rings (SSSR count). The van der Waals surface area contributed by atoms with Crippen molar-refractivity contribution in [1.29, 1.82) is 0 Å². The molecule has 0 aliphatic carbocycles. The number of rotatable bonds is 1. The van der Waals surface area contributed by atoms with Crippen LogP contribution in [0.2, 0.25) is 0 Å². The molecule has 20 heavy (non-hydrogen) atoms. The first-order valence-electron chi connectivity index (χ1n) is 6.22. The zero-order valence-corrected chi connectivity index (χ0v) is 10.4. The van der Waals surface area contributed by atoms with Crippen LogP contribution in [0.3, 0.4) is 0 Å². The number of ether oxygens (including phenoxy) is 2. The Morgan fingerprint density at radius 2 is 1.65 bits per heavy atom. The van der Waals surface area contributed by atoms with Gasteiger partial charge in [-0.2, -0.15) is 0 Å². The third kappa shape index (κ3) is 1.45. The standard InChI is InChI=1S/C16H10O4/c17-16(18)13-5-9-3-1-2-4-10(9)11-6-14-15(7-12(11)13)20-8-19-14/h1-7H,8H2,(H,17,18). The molecule has 0 saturated carbocycles. The fourth-order valence-electron chi connectivity index (χ4n) is 2.67. The zero-order chi connectivity index (χ0) is 13.7. The number of fused-ring (bicyclic) bond motifs is 4. The van der Waals surface area contributed by atoms with Crippen LogP contribution in [-0.4, -0.2) is 17.9 Å². The minimum absolute atomic E-state index is 0.173. The van der Waals surface area contributed by atoms with Crippen LogP contribution in [0, 0.1) is 0 Å². The van der Waals surface area contributed by atoms with Gasteiger partial charge in [0.1, 0.15) is 0 Å². The fourth-order valence-corrected chi connectivity index (χ4v) is 2.67. The highest BCUT2D eigenvalue weighted by molar-refractivity contribution is 6.16. The predicted molar refractivity (Wildman–Crippen MR) is 74.5 cm³/mol. The van der Waals surface area contributed by atoms with Gasteiger partial charge in [-0.25, -0.2) is 4.79 Å². The Hall–Kier alpha value is -2.75. The minimum atomic E-state index is -0.945. The Balaban J connectivity index is 2.22. The largest absolute Gasteiger partial charge is 0.478 e. The van der Waals surface area contributed by atoms with Gasteiger partial charge in [0.25, 0.3) is 0 Å². The predicted octanol–water partition coefficient (Wildman–Crippen LogP) is 3.42. The van der Waals surface area contributed by atoms with E-state index in [0.717, 1.165) is 16.2 Å². The SMILES string of the molecule is O=C(O)c1cc2ccccc2c2cc3c(cc12)OCO3. The number of carbonyl (C=O) groups is 1. The van der Waals surface area contributed by atoms with Crippen LogP contribution in [0.5, 0.6) is 11.5 Å². The van der Waals surface area contributed by atoms with Crippen molar-refractivity contribution < 1.29 is 19.4 Å². The first-order chi connectivity index (χ1) is 9.74. The summed E-state index contributed by atoms with van der Waals surface area (Å²) in [5.41, 5.74) is 0.275. The highest BCUT2D eigenvalue weighted by Gasteiger charge is 2.19. The van der Waals surface area contributed by atoms with E-state index in [1.54, 1.807) is 12.1 Å². The Morgan fingerprint density at radius 1 is 0.950 bits per heavy atom. The number of hydrogen-bond acceptors (Lipinski definition) is 3. The normalized spacial score (nSPS) is 13.0. The van der Waals surface area contributed by atoms with Gasteiger partial charge in [0.05, 0.1) is 5.56 Å². The average Bonchev–Trinajstić information content (AvgIpc) is 2.91. The van der Waals surface area contributed by atoms with Crippen LogP contribution in [-0.2, 0) is 0 Å². The van der Waals surface area contributed by atoms with Gasteiger partial charge in [0.15, 0.2) is 11.5 Å². The van der Waals surface area contributed by atoms with Crippen molar-refractivity contribution in [2.45, 2.75) is 0 Å². The van der Waals surface area contributed by atoms with E-state index in [1.807, 2.05) is 30.3 Å². The summed E-state index contributed by atoms with van der Waals surface area (Å²) >= 11 is 0. The lowest BCUT2D eigenvalue weighted by Crippen LogP contribution is -1.98. The zero-order valence-electron chi connectivity index (χ0n) is 10.4. The third-order valence-corrected chi connectivity index (χ3v) is 3.58. The lowest BCUT2D eigenvalue weighted by atomic mass is 9.97. The second kappa shape index (κ2) is 3.87. The van der Waals surface area contributed by atoms with Gasteiger partial charge < -0.3 is 14.6 Å². The fraction of sp³-hybridized carbons (Fsp3) is 0.0625. The van der Waals surface area contributed by atoms with Gasteiger partial charge >= 0.3 is 5.97 Å². The summed E-state index contributed by atoms with van der Waals surface area (Å²) in [6.07, 6.45) is 0. The monoisotopic (exact) mass is 266 g/mol. The highest BCUT2D eigenvalue weighted by atomic mass is 16.7. The Morgan fingerprint density at radius 3 is 2.40 bits per heavy atom. The summed E-state index contributed by atoms with van der Waals surface area (Å²) in [5, 5.41) is 12.9. The van der Waals surface area contributed by atoms with Gasteiger partial charge in [-0.15, -0.1) is 0 Å². The van der Waals surface area contributed by atoms with Crippen molar-refractivity contribution in [3.63, 3.8) is 0 Å². The highest BCUT2D eigenvalue weighted by Crippen LogP contribution is 2.40. The maximum atomic E-state index is 11.5. The molecular weight excluding hydrogens is 256 g/mol. The van der Waals surface area contributed by atoms with Gasteiger partial charge in [-0.05, 0) is 34.4 Å². The second-order valence-corrected chi connectivity index (χ2v) is 4.70. The molecule has 0 radical (unpaired) electrons. The van der Waals surface area contributed by atoms with Gasteiger partial charge in [-0.1, -0.05) is 24.3 Å². The maximum Gasteiger partial charge on any atom is 0.336 e. The smallest absolute Gasteiger partial charge is 0.336 e. The molecule has 0 spiro atoms. The van der Waals surface area contributed by atoms with Crippen molar-refractivity contribution >= 4 is 27.5 Å². The van der Waals surface area contributed by atoms with E-state index in [-0.39, 0.29) is 12.4 Å². The molecule has 0 bridgehead atoms. The van der Waals surface area contributed by atoms with Crippen LogP contribution in [0.4, 0.5) is 0 Å². The molecule has 1 N–H and O–H groups in total. The molecule has 3 aromatic carbocycles. The quantitative estimate of drug-likeness (QED) is 0.686. The first kappa shape index (κ1) is 11.1. The molecule has 0 saturated heterocycles. The molecule has 1 aliphatic heterocycles. The molecule has 4 heteroatoms. The van der Waals surface area contributed by atoms with Crippen LogP contribution in [0.1, 0.15) is 10.4 Å². The lowest BCUT2D eigenvalue weighted by molar-refractivity contribution is 0.0699. The van der Waals surface area contributed by atoms with Crippen LogP contribution in [0.25, 0.3) is 21.5 Å². The Kier molecular flexibility index (Phi) is 2.15. The van der Waals surface area contributed by atoms with E-state index < -0.39 is 5.97 Å². The number of benzene rings is 3. The minimum Gasteiger partial charge on any atom is -0.478 e. The molecular formula is C16H10O4. The summed E-state index contributed by atoms with van der Waals surface area (Å²) in [4.78, 5) is 11.5. The molecule has 0 aromatic heterocycles. The molecule has 0 amide bonds. The molecule has 1 heterocycles. The number of hydrogen-bond donors (Lipinski definition) is 1. The summed E-state index contributed by atoms with van der Waals surface area (Å²) in [6.45, 7) is 0.173. The van der Waals surface area contributed by atoms with Crippen molar-refractivity contribution in [3.05, 3.63) is 48.0 Å². The van der Waals surface area contributed by atoms with Crippen LogP contribution in [0.15, 0.2) is 42.5 Å². The molecule has 0 atom stereocenters. The van der Waals surface area contributed by atoms with Crippen molar-refractivity contribution in [3.8, 4) is 11.5 Å². The van der Waals surface area contributed by atoms with Gasteiger partial charge in [0, 0.05) is 5.39 Å². The van der Waals surface area contributed by atoms with Gasteiger partial charge in [0.2, 0.25) is 6.79 Å². The van der Waals surface area contributed by atoms with Crippen molar-refractivity contribution in [1.82, 2.24) is 0 Å². The number of aromatic carboxylic acids is 1. The number of carboxylic acid groups (broad SMARTS) is 1. The van der Waals surface area contributed by atoms with E-state index in [2.05, 4.69) is 0 Å². The van der Waals surface area contributed by atoms with Gasteiger partial charge in [-0.3, -0.25) is 0 Å². The number of carboxylic acids is 1. The summed E-state index contributed by atoms with van der Waals surface area (Å²) < 4.78 is 10.7. The molecule has 3 aromatic rings. The lowest BCUT2D eigenvalue weighted by Gasteiger charge is -2.09. The van der Waals surface area contributed by atoms with Crippen LogP contribution < -0.4 is 9.47 Å². The molecule has 0 unspecified atom stereocenters. The van der Waals surface area contributed by atoms with E-state index >= 15 is 0 Å². The second-order valence-electron chi connectivity index (χ2n) is 4.70. The topological polar surface area (TPSA) is 55.8 Å². The third-order valence-electron chi connectivity index (χ3n) is 3.58. The van der Waals surface area contributed by atoms with E-state index in [9.17, 15) is 9.90 Å². The molecule has 0 fully saturated rings. The Bertz CT molecular complexity index is 867. The summed E-state index contributed by atoms with van der Waals surface area (Å²) in [7, 11) is 0. The summed E-state index contributed by atoms with van der Waals surface area (Å²) in [5.74, 6) is 0.306. The van der Waals surface area contributed by atoms with E-state index in [4.69, 9.17) is 9.47 Å². The maximum absolute atomic E-state index is 11.5. The molecule has 4 nitrogen and oxygen atoms in total. The summed E-state index contributed by atoms with van der Waals surface area (Å²) in [6, 6.07) is 13.0. The molecule has 98 valence electrons. The van der Waals surface area contributed by atoms with Crippen LogP contribution >= 0.6 is 0 Å². The van der Waals surface area contributed by atoms with E-state index in [1.165, 1.54) is 0 Å².